The third-order valence-corrected chi connectivity index (χ3v) is 4.69. The number of halogens is 3. The molecule has 0 aliphatic heterocycles. The summed E-state index contributed by atoms with van der Waals surface area (Å²) in [6, 6.07) is 16.7. The van der Waals surface area contributed by atoms with Crippen molar-refractivity contribution < 1.29 is 37.4 Å². The van der Waals surface area contributed by atoms with Crippen molar-refractivity contribution in [3.8, 4) is 5.75 Å². The number of hydrogen-bond acceptors (Lipinski definition) is 5. The van der Waals surface area contributed by atoms with Gasteiger partial charge in [-0.2, -0.15) is 13.2 Å². The van der Waals surface area contributed by atoms with Crippen LogP contribution >= 0.6 is 0 Å². The Balaban J connectivity index is 0.000000856. The molecule has 0 heterocycles. The molecule has 0 spiro atoms. The lowest BCUT2D eigenvalue weighted by molar-refractivity contribution is -0.192. The van der Waals surface area contributed by atoms with Gasteiger partial charge in [-0.15, -0.1) is 0 Å². The number of guanidine groups is 1. The normalized spacial score (nSPS) is 11.3. The van der Waals surface area contributed by atoms with E-state index >= 15 is 0 Å². The Bertz CT molecular complexity index is 1020. The minimum Gasteiger partial charge on any atom is -0.489 e. The number of ether oxygens (including phenoxy) is 1. The van der Waals surface area contributed by atoms with Crippen LogP contribution in [0, 0.1) is 5.41 Å². The first kappa shape index (κ1) is 30.7. The summed E-state index contributed by atoms with van der Waals surface area (Å²) in [6.45, 7) is 1.00. The van der Waals surface area contributed by atoms with E-state index in [0.29, 0.717) is 32.4 Å². The highest BCUT2D eigenvalue weighted by Gasteiger charge is 2.38. The summed E-state index contributed by atoms with van der Waals surface area (Å²) in [4.78, 5) is 32.3. The van der Waals surface area contributed by atoms with E-state index in [2.05, 4.69) is 10.6 Å². The van der Waals surface area contributed by atoms with Crippen LogP contribution in [-0.2, 0) is 27.4 Å². The van der Waals surface area contributed by atoms with Crippen molar-refractivity contribution in [3.63, 3.8) is 0 Å². The van der Waals surface area contributed by atoms with E-state index in [1.165, 1.54) is 0 Å². The monoisotopic (exact) mass is 525 g/mol. The van der Waals surface area contributed by atoms with Crippen LogP contribution in [0.3, 0.4) is 0 Å². The number of amides is 2. The second-order valence-electron chi connectivity index (χ2n) is 7.76. The number of unbranched alkanes of at least 4 members (excludes halogenated alkanes) is 1. The molecule has 13 heteroatoms. The van der Waals surface area contributed by atoms with E-state index < -0.39 is 24.1 Å². The Hall–Kier alpha value is -4.29. The second-order valence-corrected chi connectivity index (χ2v) is 7.76. The summed E-state index contributed by atoms with van der Waals surface area (Å²) in [6.07, 6.45) is -2.98. The summed E-state index contributed by atoms with van der Waals surface area (Å²) in [5.74, 6) is -2.91. The first-order chi connectivity index (χ1) is 17.4. The molecule has 0 saturated heterocycles. The molecule has 0 aliphatic rings. The summed E-state index contributed by atoms with van der Waals surface area (Å²) in [5.41, 5.74) is 12.5. The number of carbonyl (C=O) groups is 3. The van der Waals surface area contributed by atoms with Gasteiger partial charge in [0, 0.05) is 6.54 Å². The molecule has 0 saturated carbocycles. The number of carbonyl (C=O) groups excluding carboxylic acids is 2. The number of carboxylic acids is 1. The van der Waals surface area contributed by atoms with Crippen LogP contribution in [0.5, 0.6) is 5.75 Å². The molecule has 2 aromatic carbocycles. The van der Waals surface area contributed by atoms with Gasteiger partial charge in [0.2, 0.25) is 11.8 Å². The quantitative estimate of drug-likeness (QED) is 0.139. The van der Waals surface area contributed by atoms with Crippen molar-refractivity contribution in [2.45, 2.75) is 44.5 Å². The van der Waals surface area contributed by atoms with Crippen LogP contribution in [0.15, 0.2) is 54.6 Å². The Morgan fingerprint density at radius 1 is 0.973 bits per heavy atom. The average molecular weight is 526 g/mol. The van der Waals surface area contributed by atoms with E-state index in [9.17, 15) is 22.8 Å². The smallest absolute Gasteiger partial charge is 0.489 e. The minimum atomic E-state index is -5.08. The number of alkyl halides is 3. The van der Waals surface area contributed by atoms with Gasteiger partial charge in [0.25, 0.3) is 0 Å². The first-order valence-corrected chi connectivity index (χ1v) is 11.1. The molecule has 0 aliphatic carbocycles. The van der Waals surface area contributed by atoms with Crippen LogP contribution in [0.25, 0.3) is 0 Å². The maximum Gasteiger partial charge on any atom is 0.490 e. The van der Waals surface area contributed by atoms with Crippen molar-refractivity contribution >= 4 is 23.7 Å². The molecule has 37 heavy (non-hydrogen) atoms. The Kier molecular flexibility index (Phi) is 13.0. The van der Waals surface area contributed by atoms with Crippen LogP contribution in [0.4, 0.5) is 13.2 Å². The van der Waals surface area contributed by atoms with Crippen LogP contribution in [-0.4, -0.2) is 47.6 Å². The molecular weight excluding hydrogens is 495 g/mol. The van der Waals surface area contributed by atoms with Crippen molar-refractivity contribution in [1.82, 2.24) is 10.6 Å². The Labute approximate surface area is 211 Å². The van der Waals surface area contributed by atoms with Crippen molar-refractivity contribution in [3.05, 3.63) is 65.7 Å². The molecule has 2 amide bonds. The van der Waals surface area contributed by atoms with Gasteiger partial charge in [0.05, 0.1) is 6.42 Å². The van der Waals surface area contributed by atoms with E-state index in [4.69, 9.17) is 31.5 Å². The standard InChI is InChI=1S/C22H29N5O3.C2HF3O2/c23-21(29)19(27-22(24)25)8-4-5-13-26-20(28)14-16-9-11-18(12-10-16)30-15-17-6-2-1-3-7-17;3-2(4,5)1(6)7/h1-3,6-7,9-12,19H,4-5,8,13-15H2,(H2,23,29)(H,26,28)(H4,24,25,27);(H,6,7)/t19-;/m0./s1. The van der Waals surface area contributed by atoms with Gasteiger partial charge in [-0.1, -0.05) is 42.5 Å². The molecule has 0 unspecified atom stereocenters. The molecule has 2 rings (SSSR count). The SMILES string of the molecule is N=C(N)N[C@@H](CCCCNC(=O)Cc1ccc(OCc2ccccc2)cc1)C(N)=O.O=C(O)C(F)(F)F. The number of primary amides is 1. The maximum atomic E-state index is 12.1. The number of nitrogens with one attached hydrogen (secondary N) is 3. The summed E-state index contributed by atoms with van der Waals surface area (Å²) < 4.78 is 37.5. The fraction of sp³-hybridized carbons (Fsp3) is 0.333. The number of nitrogens with two attached hydrogens (primary N) is 2. The largest absolute Gasteiger partial charge is 0.490 e. The molecule has 8 N–H and O–H groups in total. The average Bonchev–Trinajstić information content (AvgIpc) is 2.83. The van der Waals surface area contributed by atoms with E-state index in [0.717, 1.165) is 16.9 Å². The minimum absolute atomic E-state index is 0.0683. The number of benzene rings is 2. The molecule has 0 aromatic heterocycles. The number of hydrogen-bond donors (Lipinski definition) is 6. The molecule has 0 bridgehead atoms. The zero-order valence-corrected chi connectivity index (χ0v) is 19.9. The fourth-order valence-corrected chi connectivity index (χ4v) is 2.87. The first-order valence-electron chi connectivity index (χ1n) is 11.1. The third-order valence-electron chi connectivity index (χ3n) is 4.69. The van der Waals surface area contributed by atoms with Crippen molar-refractivity contribution in [2.24, 2.45) is 11.5 Å². The van der Waals surface area contributed by atoms with Crippen LogP contribution in [0.2, 0.25) is 0 Å². The van der Waals surface area contributed by atoms with Gasteiger partial charge >= 0.3 is 12.1 Å². The second kappa shape index (κ2) is 15.7. The lowest BCUT2D eigenvalue weighted by Crippen LogP contribution is -2.47. The van der Waals surface area contributed by atoms with E-state index in [1.54, 1.807) is 0 Å². The third kappa shape index (κ3) is 14.0. The maximum absolute atomic E-state index is 12.1. The molecule has 202 valence electrons. The lowest BCUT2D eigenvalue weighted by Gasteiger charge is -2.15. The van der Waals surface area contributed by atoms with Crippen LogP contribution < -0.4 is 26.8 Å². The summed E-state index contributed by atoms with van der Waals surface area (Å²) in [7, 11) is 0. The molecule has 10 nitrogen and oxygen atoms in total. The zero-order chi connectivity index (χ0) is 27.8. The molecule has 0 radical (unpaired) electrons. The molecule has 2 aromatic rings. The fourth-order valence-electron chi connectivity index (χ4n) is 2.87. The van der Waals surface area contributed by atoms with Gasteiger partial charge in [-0.05, 0) is 42.5 Å². The lowest BCUT2D eigenvalue weighted by atomic mass is 10.1. The predicted molar refractivity (Wildman–Crippen MR) is 130 cm³/mol. The van der Waals surface area contributed by atoms with Crippen molar-refractivity contribution in [1.29, 1.82) is 5.41 Å². The Morgan fingerprint density at radius 2 is 1.57 bits per heavy atom. The van der Waals surface area contributed by atoms with Crippen molar-refractivity contribution in [2.75, 3.05) is 6.54 Å². The molecule has 1 atom stereocenters. The van der Waals surface area contributed by atoms with Gasteiger partial charge < -0.3 is 31.9 Å². The predicted octanol–water partition coefficient (Wildman–Crippen LogP) is 2.06. The molecule has 0 fully saturated rings. The topological polar surface area (TPSA) is 181 Å². The zero-order valence-electron chi connectivity index (χ0n) is 19.9. The highest BCUT2D eigenvalue weighted by atomic mass is 19.4. The van der Waals surface area contributed by atoms with Crippen LogP contribution in [0.1, 0.15) is 30.4 Å². The summed E-state index contributed by atoms with van der Waals surface area (Å²) >= 11 is 0. The summed E-state index contributed by atoms with van der Waals surface area (Å²) in [5, 5.41) is 19.7. The highest BCUT2D eigenvalue weighted by molar-refractivity contribution is 5.86. The number of aliphatic carboxylic acids is 1. The molecular formula is C24H30F3N5O5. The van der Waals surface area contributed by atoms with Gasteiger partial charge in [-0.25, -0.2) is 4.79 Å². The van der Waals surface area contributed by atoms with Gasteiger partial charge in [0.1, 0.15) is 18.4 Å². The van der Waals surface area contributed by atoms with Gasteiger partial charge in [0.15, 0.2) is 5.96 Å². The van der Waals surface area contributed by atoms with E-state index in [1.807, 2.05) is 54.6 Å². The number of carboxylic acid groups (broad SMARTS) is 1. The number of rotatable bonds is 12. The highest BCUT2D eigenvalue weighted by Crippen LogP contribution is 2.15. The Morgan fingerprint density at radius 3 is 2.08 bits per heavy atom. The van der Waals surface area contributed by atoms with Gasteiger partial charge in [-0.3, -0.25) is 15.0 Å². The van der Waals surface area contributed by atoms with E-state index in [-0.39, 0.29) is 18.3 Å².